The van der Waals surface area contributed by atoms with E-state index in [0.29, 0.717) is 25.9 Å². The first-order chi connectivity index (χ1) is 16.8. The molecule has 1 heterocycles. The number of nitrogens with zero attached hydrogens (tertiary/aromatic N) is 1. The van der Waals surface area contributed by atoms with Crippen molar-refractivity contribution in [1.82, 2.24) is 10.2 Å². The van der Waals surface area contributed by atoms with Crippen molar-refractivity contribution in [3.8, 4) is 11.1 Å². The van der Waals surface area contributed by atoms with E-state index < -0.39 is 23.4 Å². The fourth-order valence-corrected chi connectivity index (χ4v) is 5.31. The second kappa shape index (κ2) is 10.5. The minimum absolute atomic E-state index is 0.00585. The molecule has 1 unspecified atom stereocenters. The Morgan fingerprint density at radius 1 is 1.00 bits per heavy atom. The van der Waals surface area contributed by atoms with Crippen LogP contribution in [-0.2, 0) is 14.3 Å². The van der Waals surface area contributed by atoms with Gasteiger partial charge in [-0.2, -0.15) is 0 Å². The number of hydrogen-bond acceptors (Lipinski definition) is 4. The predicted molar refractivity (Wildman–Crippen MR) is 133 cm³/mol. The zero-order valence-electron chi connectivity index (χ0n) is 20.5. The summed E-state index contributed by atoms with van der Waals surface area (Å²) in [7, 11) is 0. The van der Waals surface area contributed by atoms with Crippen molar-refractivity contribution in [3.05, 3.63) is 59.7 Å². The van der Waals surface area contributed by atoms with Crippen LogP contribution in [0.1, 0.15) is 56.6 Å². The summed E-state index contributed by atoms with van der Waals surface area (Å²) in [5.41, 5.74) is 4.35. The molecule has 4 rings (SSSR count). The van der Waals surface area contributed by atoms with Crippen molar-refractivity contribution in [2.24, 2.45) is 11.3 Å². The number of nitrogens with one attached hydrogen (secondary N) is 1. The van der Waals surface area contributed by atoms with Crippen LogP contribution in [0.2, 0.25) is 0 Å². The average molecular weight is 479 g/mol. The molecule has 0 saturated carbocycles. The van der Waals surface area contributed by atoms with E-state index in [9.17, 15) is 19.5 Å². The summed E-state index contributed by atoms with van der Waals surface area (Å²) in [5.74, 6) is -1.32. The van der Waals surface area contributed by atoms with E-state index in [0.717, 1.165) is 12.8 Å². The Kier molecular flexibility index (Phi) is 7.43. The smallest absolute Gasteiger partial charge is 0.407 e. The van der Waals surface area contributed by atoms with E-state index in [2.05, 4.69) is 29.6 Å². The zero-order valence-corrected chi connectivity index (χ0v) is 20.5. The van der Waals surface area contributed by atoms with E-state index in [1.54, 1.807) is 4.90 Å². The van der Waals surface area contributed by atoms with Crippen LogP contribution in [-0.4, -0.2) is 54.2 Å². The molecule has 2 aromatic rings. The maximum Gasteiger partial charge on any atom is 0.407 e. The molecule has 2 N–H and O–H groups in total. The van der Waals surface area contributed by atoms with Crippen LogP contribution in [0.25, 0.3) is 11.1 Å². The Hall–Kier alpha value is -3.35. The lowest BCUT2D eigenvalue weighted by molar-refractivity contribution is -0.144. The number of alkyl carbamates (subject to hydrolysis) is 1. The Balaban J connectivity index is 1.14. The standard InChI is InChI=1S/C28H34N2O5/c1-28(2)18-30(16-24(28)26(32)33)25(31)14-4-3-9-15-29-27(34)35-17-23-21-12-7-5-10-19(21)20-11-6-8-13-22(20)23/h5-8,10-13,23-24H,3-4,9,14-18H2,1-2H3,(H,29,34)(H,32,33). The van der Waals surface area contributed by atoms with Crippen molar-refractivity contribution in [1.29, 1.82) is 0 Å². The topological polar surface area (TPSA) is 95.9 Å². The van der Waals surface area contributed by atoms with Gasteiger partial charge in [0.05, 0.1) is 5.92 Å². The van der Waals surface area contributed by atoms with Crippen molar-refractivity contribution in [3.63, 3.8) is 0 Å². The van der Waals surface area contributed by atoms with E-state index in [1.165, 1.54) is 22.3 Å². The molecule has 7 nitrogen and oxygen atoms in total. The number of carboxylic acid groups (broad SMARTS) is 1. The van der Waals surface area contributed by atoms with Gasteiger partial charge in [-0.15, -0.1) is 0 Å². The first-order valence-electron chi connectivity index (χ1n) is 12.4. The molecule has 186 valence electrons. The predicted octanol–water partition coefficient (Wildman–Crippen LogP) is 4.65. The summed E-state index contributed by atoms with van der Waals surface area (Å²) in [5, 5.41) is 12.2. The second-order valence-electron chi connectivity index (χ2n) is 10.2. The molecule has 0 aromatic heterocycles. The quantitative estimate of drug-likeness (QED) is 0.511. The lowest BCUT2D eigenvalue weighted by atomic mass is 9.82. The second-order valence-corrected chi connectivity index (χ2v) is 10.2. The monoisotopic (exact) mass is 478 g/mol. The summed E-state index contributed by atoms with van der Waals surface area (Å²) in [6.07, 6.45) is 2.23. The van der Waals surface area contributed by atoms with Crippen molar-refractivity contribution >= 4 is 18.0 Å². The van der Waals surface area contributed by atoms with Gasteiger partial charge in [0.2, 0.25) is 5.91 Å². The number of carbonyl (C=O) groups excluding carboxylic acids is 2. The summed E-state index contributed by atoms with van der Waals surface area (Å²) in [4.78, 5) is 37.8. The van der Waals surface area contributed by atoms with Gasteiger partial charge in [-0.25, -0.2) is 4.79 Å². The number of benzene rings is 2. The van der Waals surface area contributed by atoms with Gasteiger partial charge in [-0.05, 0) is 40.5 Å². The Bertz CT molecular complexity index is 1050. The van der Waals surface area contributed by atoms with Crippen LogP contribution in [0.5, 0.6) is 0 Å². The Labute approximate surface area is 206 Å². The number of ether oxygens (including phenoxy) is 1. The van der Waals surface area contributed by atoms with E-state index in [1.807, 2.05) is 38.1 Å². The van der Waals surface area contributed by atoms with Gasteiger partial charge in [0.25, 0.3) is 0 Å². The molecule has 1 fully saturated rings. The molecule has 2 aliphatic rings. The summed E-state index contributed by atoms with van der Waals surface area (Å²) in [6, 6.07) is 16.5. The summed E-state index contributed by atoms with van der Waals surface area (Å²) >= 11 is 0. The molecule has 0 radical (unpaired) electrons. The molecule has 35 heavy (non-hydrogen) atoms. The van der Waals surface area contributed by atoms with Gasteiger partial charge in [0.1, 0.15) is 6.61 Å². The van der Waals surface area contributed by atoms with Crippen molar-refractivity contribution in [2.45, 2.75) is 45.4 Å². The number of hydrogen-bond donors (Lipinski definition) is 2. The third-order valence-corrected chi connectivity index (χ3v) is 7.28. The molecule has 7 heteroatoms. The van der Waals surface area contributed by atoms with Crippen LogP contribution in [0.3, 0.4) is 0 Å². The van der Waals surface area contributed by atoms with Crippen LogP contribution in [0.4, 0.5) is 4.79 Å². The molecule has 2 amide bonds. The Morgan fingerprint density at radius 2 is 1.63 bits per heavy atom. The summed E-state index contributed by atoms with van der Waals surface area (Å²) in [6.45, 7) is 5.33. The fraction of sp³-hybridized carbons (Fsp3) is 0.464. The van der Waals surface area contributed by atoms with Crippen LogP contribution < -0.4 is 5.32 Å². The number of carbonyl (C=O) groups is 3. The van der Waals surface area contributed by atoms with Crippen LogP contribution in [0.15, 0.2) is 48.5 Å². The zero-order chi connectivity index (χ0) is 25.0. The molecule has 0 bridgehead atoms. The van der Waals surface area contributed by atoms with Crippen molar-refractivity contribution < 1.29 is 24.2 Å². The van der Waals surface area contributed by atoms with Crippen molar-refractivity contribution in [2.75, 3.05) is 26.2 Å². The molecule has 0 spiro atoms. The number of fused-ring (bicyclic) bond motifs is 3. The highest BCUT2D eigenvalue weighted by Gasteiger charge is 2.45. The highest BCUT2D eigenvalue weighted by atomic mass is 16.5. The van der Waals surface area contributed by atoms with E-state index in [-0.39, 0.29) is 25.0 Å². The number of amides is 2. The SMILES string of the molecule is CC1(C)CN(C(=O)CCCCCNC(=O)OCC2c3ccccc3-c3ccccc32)CC1C(=O)O. The lowest BCUT2D eigenvalue weighted by Crippen LogP contribution is -2.30. The molecule has 1 saturated heterocycles. The number of unbranched alkanes of at least 4 members (excludes halogenated alkanes) is 2. The highest BCUT2D eigenvalue weighted by Crippen LogP contribution is 2.44. The fourth-order valence-electron chi connectivity index (χ4n) is 5.31. The first-order valence-corrected chi connectivity index (χ1v) is 12.4. The number of likely N-dealkylation sites (tertiary alicyclic amines) is 1. The van der Waals surface area contributed by atoms with E-state index in [4.69, 9.17) is 4.74 Å². The van der Waals surface area contributed by atoms with Gasteiger partial charge < -0.3 is 20.1 Å². The largest absolute Gasteiger partial charge is 0.481 e. The van der Waals surface area contributed by atoms with Gasteiger partial charge in [0.15, 0.2) is 0 Å². The molecular formula is C28H34N2O5. The minimum Gasteiger partial charge on any atom is -0.481 e. The summed E-state index contributed by atoms with van der Waals surface area (Å²) < 4.78 is 5.54. The van der Waals surface area contributed by atoms with Gasteiger partial charge in [-0.3, -0.25) is 9.59 Å². The molecular weight excluding hydrogens is 444 g/mol. The number of carboxylic acids is 1. The minimum atomic E-state index is -0.843. The third-order valence-electron chi connectivity index (χ3n) is 7.28. The van der Waals surface area contributed by atoms with Gasteiger partial charge in [0, 0.05) is 32.0 Å². The third kappa shape index (κ3) is 5.50. The number of rotatable bonds is 9. The van der Waals surface area contributed by atoms with Gasteiger partial charge >= 0.3 is 12.1 Å². The first kappa shape index (κ1) is 24.8. The van der Waals surface area contributed by atoms with Gasteiger partial charge in [-0.1, -0.05) is 68.8 Å². The van der Waals surface area contributed by atoms with Crippen LogP contribution >= 0.6 is 0 Å². The Morgan fingerprint density at radius 3 is 2.23 bits per heavy atom. The normalized spacial score (nSPS) is 18.1. The molecule has 2 aromatic carbocycles. The molecule has 1 aliphatic carbocycles. The van der Waals surface area contributed by atoms with E-state index >= 15 is 0 Å². The highest BCUT2D eigenvalue weighted by molar-refractivity contribution is 5.80. The average Bonchev–Trinajstić information content (AvgIpc) is 3.34. The number of aliphatic carboxylic acids is 1. The molecule has 1 atom stereocenters. The maximum absolute atomic E-state index is 12.5. The lowest BCUT2D eigenvalue weighted by Gasteiger charge is -2.21. The molecule has 1 aliphatic heterocycles. The van der Waals surface area contributed by atoms with Crippen LogP contribution in [0, 0.1) is 11.3 Å². The maximum atomic E-state index is 12.5.